The van der Waals surface area contributed by atoms with Crippen molar-refractivity contribution in [3.05, 3.63) is 28.0 Å². The summed E-state index contributed by atoms with van der Waals surface area (Å²) in [7, 11) is 0. The van der Waals surface area contributed by atoms with Gasteiger partial charge in [0.05, 0.1) is 0 Å². The van der Waals surface area contributed by atoms with Gasteiger partial charge >= 0.3 is 0 Å². The zero-order chi connectivity index (χ0) is 10.3. The van der Waals surface area contributed by atoms with Gasteiger partial charge in [-0.05, 0) is 12.8 Å². The molecular formula is C10H11N3OS. The topological polar surface area (TPSA) is 37.6 Å². The number of aromatic nitrogens is 2. The van der Waals surface area contributed by atoms with Crippen LogP contribution in [0, 0.1) is 0 Å². The predicted octanol–water partition coefficient (Wildman–Crippen LogP) is 1.36. The van der Waals surface area contributed by atoms with Crippen molar-refractivity contribution in [1.82, 2.24) is 9.38 Å². The summed E-state index contributed by atoms with van der Waals surface area (Å²) in [6, 6.07) is 1.63. The molecule has 0 atom stereocenters. The molecule has 0 amide bonds. The Bertz CT molecular complexity index is 539. The average Bonchev–Trinajstić information content (AvgIpc) is 2.86. The number of hydrogen-bond acceptors (Lipinski definition) is 4. The first-order chi connectivity index (χ1) is 7.34. The second-order valence-corrected chi connectivity index (χ2v) is 4.58. The van der Waals surface area contributed by atoms with Crippen molar-refractivity contribution in [2.45, 2.75) is 12.8 Å². The SMILES string of the molecule is O=c1cc(N2CCCC2)n2ccsc2n1. The molecule has 0 saturated carbocycles. The van der Waals surface area contributed by atoms with E-state index in [4.69, 9.17) is 0 Å². The van der Waals surface area contributed by atoms with E-state index in [9.17, 15) is 4.79 Å². The van der Waals surface area contributed by atoms with Crippen LogP contribution in [0.1, 0.15) is 12.8 Å². The molecule has 0 aromatic carbocycles. The maximum absolute atomic E-state index is 11.4. The first-order valence-electron chi connectivity index (χ1n) is 5.06. The second-order valence-electron chi connectivity index (χ2n) is 3.70. The van der Waals surface area contributed by atoms with E-state index in [1.807, 2.05) is 16.0 Å². The Labute approximate surface area is 90.8 Å². The third-order valence-corrected chi connectivity index (χ3v) is 3.48. The molecule has 1 aliphatic rings. The smallest absolute Gasteiger partial charge is 0.276 e. The van der Waals surface area contributed by atoms with E-state index in [2.05, 4.69) is 9.88 Å². The molecule has 3 rings (SSSR count). The Morgan fingerprint density at radius 3 is 2.93 bits per heavy atom. The number of nitrogens with zero attached hydrogens (tertiary/aromatic N) is 3. The van der Waals surface area contributed by atoms with Gasteiger partial charge in [0.1, 0.15) is 5.82 Å². The maximum atomic E-state index is 11.4. The molecule has 15 heavy (non-hydrogen) atoms. The molecule has 1 fully saturated rings. The van der Waals surface area contributed by atoms with Crippen molar-refractivity contribution in [1.29, 1.82) is 0 Å². The highest BCUT2D eigenvalue weighted by Crippen LogP contribution is 2.21. The molecule has 2 aromatic rings. The third-order valence-electron chi connectivity index (χ3n) is 2.72. The molecule has 5 heteroatoms. The van der Waals surface area contributed by atoms with Gasteiger partial charge in [0, 0.05) is 30.7 Å². The molecule has 0 radical (unpaired) electrons. The molecule has 0 unspecified atom stereocenters. The summed E-state index contributed by atoms with van der Waals surface area (Å²) in [5.41, 5.74) is -0.139. The lowest BCUT2D eigenvalue weighted by Crippen LogP contribution is -2.23. The molecule has 1 aliphatic heterocycles. The van der Waals surface area contributed by atoms with Gasteiger partial charge in [-0.1, -0.05) is 0 Å². The third kappa shape index (κ3) is 1.43. The number of thiazole rings is 1. The van der Waals surface area contributed by atoms with Crippen LogP contribution in [0.5, 0.6) is 0 Å². The molecule has 1 saturated heterocycles. The van der Waals surface area contributed by atoms with E-state index in [0.717, 1.165) is 23.9 Å². The van der Waals surface area contributed by atoms with Crippen LogP contribution in [0.25, 0.3) is 4.96 Å². The van der Waals surface area contributed by atoms with E-state index in [1.165, 1.54) is 24.2 Å². The van der Waals surface area contributed by atoms with Gasteiger partial charge in [0.2, 0.25) is 0 Å². The molecule has 3 heterocycles. The van der Waals surface area contributed by atoms with Crippen LogP contribution in [0.15, 0.2) is 22.4 Å². The highest BCUT2D eigenvalue weighted by molar-refractivity contribution is 7.15. The normalized spacial score (nSPS) is 16.4. The van der Waals surface area contributed by atoms with Crippen molar-refractivity contribution in [2.75, 3.05) is 18.0 Å². The van der Waals surface area contributed by atoms with Gasteiger partial charge in [0.25, 0.3) is 5.56 Å². The summed E-state index contributed by atoms with van der Waals surface area (Å²) in [5, 5.41) is 1.96. The lowest BCUT2D eigenvalue weighted by Gasteiger charge is -2.18. The highest BCUT2D eigenvalue weighted by atomic mass is 32.1. The van der Waals surface area contributed by atoms with Crippen LogP contribution in [-0.2, 0) is 0 Å². The minimum Gasteiger partial charge on any atom is -0.358 e. The zero-order valence-corrected chi connectivity index (χ0v) is 9.04. The van der Waals surface area contributed by atoms with Gasteiger partial charge < -0.3 is 4.90 Å². The van der Waals surface area contributed by atoms with Gasteiger partial charge in [-0.25, -0.2) is 0 Å². The molecular weight excluding hydrogens is 210 g/mol. The number of hydrogen-bond donors (Lipinski definition) is 0. The molecule has 0 spiro atoms. The average molecular weight is 221 g/mol. The Hall–Kier alpha value is -1.36. The standard InChI is InChI=1S/C10H11N3OS/c14-8-7-9(12-3-1-2-4-12)13-5-6-15-10(13)11-8/h5-7H,1-4H2. The minimum absolute atomic E-state index is 0.139. The largest absolute Gasteiger partial charge is 0.358 e. The molecule has 78 valence electrons. The first kappa shape index (κ1) is 8.91. The van der Waals surface area contributed by atoms with Crippen molar-refractivity contribution in [3.8, 4) is 0 Å². The Balaban J connectivity index is 2.22. The fraction of sp³-hybridized carbons (Fsp3) is 0.400. The Morgan fingerprint density at radius 1 is 1.33 bits per heavy atom. The Morgan fingerprint density at radius 2 is 2.13 bits per heavy atom. The van der Waals surface area contributed by atoms with Crippen molar-refractivity contribution < 1.29 is 0 Å². The van der Waals surface area contributed by atoms with Gasteiger partial charge in [-0.15, -0.1) is 11.3 Å². The van der Waals surface area contributed by atoms with E-state index in [-0.39, 0.29) is 5.56 Å². The zero-order valence-electron chi connectivity index (χ0n) is 8.22. The van der Waals surface area contributed by atoms with Gasteiger partial charge in [-0.2, -0.15) is 4.98 Å². The molecule has 0 aliphatic carbocycles. The van der Waals surface area contributed by atoms with Crippen molar-refractivity contribution in [3.63, 3.8) is 0 Å². The Kier molecular flexibility index (Phi) is 1.98. The van der Waals surface area contributed by atoms with Crippen LogP contribution in [0.2, 0.25) is 0 Å². The van der Waals surface area contributed by atoms with E-state index in [0.29, 0.717) is 0 Å². The minimum atomic E-state index is -0.139. The summed E-state index contributed by atoms with van der Waals surface area (Å²) in [6.45, 7) is 2.09. The van der Waals surface area contributed by atoms with E-state index in [1.54, 1.807) is 6.07 Å². The predicted molar refractivity (Wildman–Crippen MR) is 60.8 cm³/mol. The molecule has 2 aromatic heterocycles. The fourth-order valence-electron chi connectivity index (χ4n) is 2.02. The lowest BCUT2D eigenvalue weighted by atomic mass is 10.4. The number of anilines is 1. The number of fused-ring (bicyclic) bond motifs is 1. The monoisotopic (exact) mass is 221 g/mol. The summed E-state index contributed by atoms with van der Waals surface area (Å²) in [4.78, 5) is 18.4. The fourth-order valence-corrected chi connectivity index (χ4v) is 2.74. The van der Waals surface area contributed by atoms with Crippen LogP contribution in [-0.4, -0.2) is 22.5 Å². The van der Waals surface area contributed by atoms with Crippen LogP contribution in [0.4, 0.5) is 5.82 Å². The molecule has 0 bridgehead atoms. The van der Waals surface area contributed by atoms with Crippen LogP contribution in [0.3, 0.4) is 0 Å². The van der Waals surface area contributed by atoms with Crippen LogP contribution < -0.4 is 10.5 Å². The van der Waals surface area contributed by atoms with Crippen molar-refractivity contribution in [2.24, 2.45) is 0 Å². The second kappa shape index (κ2) is 3.34. The van der Waals surface area contributed by atoms with Crippen LogP contribution >= 0.6 is 11.3 Å². The van der Waals surface area contributed by atoms with E-state index >= 15 is 0 Å². The summed E-state index contributed by atoms with van der Waals surface area (Å²) in [5.74, 6) is 0.990. The quantitative estimate of drug-likeness (QED) is 0.729. The van der Waals surface area contributed by atoms with Crippen molar-refractivity contribution >= 4 is 22.1 Å². The lowest BCUT2D eigenvalue weighted by molar-refractivity contribution is 0.907. The summed E-state index contributed by atoms with van der Waals surface area (Å²) < 4.78 is 2.00. The van der Waals surface area contributed by atoms with E-state index < -0.39 is 0 Å². The van der Waals surface area contributed by atoms with Gasteiger partial charge in [-0.3, -0.25) is 9.20 Å². The summed E-state index contributed by atoms with van der Waals surface area (Å²) in [6.07, 6.45) is 4.39. The maximum Gasteiger partial charge on any atom is 0.276 e. The van der Waals surface area contributed by atoms with Gasteiger partial charge in [0.15, 0.2) is 4.96 Å². The summed E-state index contributed by atoms with van der Waals surface area (Å²) >= 11 is 1.50. The molecule has 0 N–H and O–H groups in total. The first-order valence-corrected chi connectivity index (χ1v) is 5.94. The highest BCUT2D eigenvalue weighted by Gasteiger charge is 2.15. The molecule has 4 nitrogen and oxygen atoms in total. The number of rotatable bonds is 1.